The molecule has 9 heteroatoms. The van der Waals surface area contributed by atoms with Gasteiger partial charge < -0.3 is 19.0 Å². The molecule has 0 N–H and O–H groups in total. The number of thioether (sulfide) groups is 1. The molecule has 2 aromatic rings. The lowest BCUT2D eigenvalue weighted by atomic mass is 10.0. The number of likely N-dealkylation sites (tertiary alicyclic amines) is 1. The zero-order valence-electron chi connectivity index (χ0n) is 14.3. The lowest BCUT2D eigenvalue weighted by molar-refractivity contribution is 0.0538. The summed E-state index contributed by atoms with van der Waals surface area (Å²) in [6.07, 6.45) is 3.68. The number of ether oxygens (including phenoxy) is 1. The molecule has 0 radical (unpaired) electrons. The van der Waals surface area contributed by atoms with Crippen LogP contribution in [0, 0.1) is 0 Å². The van der Waals surface area contributed by atoms with E-state index in [4.69, 9.17) is 9.15 Å². The van der Waals surface area contributed by atoms with Crippen LogP contribution in [-0.4, -0.2) is 64.1 Å². The Balaban J connectivity index is 1.37. The molecule has 0 aromatic carbocycles. The number of carbonyl (C=O) groups excluding carboxylic acids is 2. The Hall–Kier alpha value is -2.55. The molecule has 2 aromatic heterocycles. The van der Waals surface area contributed by atoms with Crippen LogP contribution in [0.4, 0.5) is 4.79 Å². The number of likely N-dealkylation sites (N-methyl/N-ethyl adjacent to an activating group) is 1. The molecule has 2 aliphatic heterocycles. The van der Waals surface area contributed by atoms with Gasteiger partial charge in [0.15, 0.2) is 16.5 Å². The zero-order chi connectivity index (χ0) is 18.1. The van der Waals surface area contributed by atoms with Gasteiger partial charge in [0.25, 0.3) is 5.91 Å². The van der Waals surface area contributed by atoms with Gasteiger partial charge in [-0.2, -0.15) is 0 Å². The van der Waals surface area contributed by atoms with Gasteiger partial charge in [0.2, 0.25) is 0 Å². The summed E-state index contributed by atoms with van der Waals surface area (Å²) in [5, 5.41) is 0.658. The highest BCUT2D eigenvalue weighted by Gasteiger charge is 2.49. The Labute approximate surface area is 154 Å². The standard InChI is InChI=1S/C17H18N4O4S/c1-20-10-17(25-16(20)23)5-8-21(11-17)14(22)13-4-3-12(24-13)9-26-15-18-6-2-7-19-15/h2-4,6-7H,5,8-11H2,1H3. The highest BCUT2D eigenvalue weighted by molar-refractivity contribution is 7.98. The van der Waals surface area contributed by atoms with Crippen LogP contribution in [0.15, 0.2) is 40.2 Å². The van der Waals surface area contributed by atoms with E-state index in [9.17, 15) is 9.59 Å². The number of hydrogen-bond acceptors (Lipinski definition) is 7. The van der Waals surface area contributed by atoms with Crippen molar-refractivity contribution >= 4 is 23.8 Å². The van der Waals surface area contributed by atoms with Crippen LogP contribution in [0.5, 0.6) is 0 Å². The average Bonchev–Trinajstić information content (AvgIpc) is 3.34. The largest absolute Gasteiger partial charge is 0.455 e. The molecule has 1 atom stereocenters. The Bertz CT molecular complexity index is 827. The first-order valence-electron chi connectivity index (χ1n) is 8.27. The molecule has 136 valence electrons. The predicted molar refractivity (Wildman–Crippen MR) is 92.7 cm³/mol. The second-order valence-electron chi connectivity index (χ2n) is 6.47. The van der Waals surface area contributed by atoms with E-state index < -0.39 is 5.60 Å². The molecular weight excluding hydrogens is 356 g/mol. The van der Waals surface area contributed by atoms with Crippen LogP contribution in [0.25, 0.3) is 0 Å². The smallest absolute Gasteiger partial charge is 0.410 e. The van der Waals surface area contributed by atoms with E-state index in [1.165, 1.54) is 11.8 Å². The minimum Gasteiger partial charge on any atom is -0.455 e. The van der Waals surface area contributed by atoms with E-state index in [1.807, 2.05) is 0 Å². The predicted octanol–water partition coefficient (Wildman–Crippen LogP) is 2.03. The molecular formula is C17H18N4O4S. The normalized spacial score (nSPS) is 22.3. The van der Waals surface area contributed by atoms with Crippen molar-refractivity contribution in [3.8, 4) is 0 Å². The van der Waals surface area contributed by atoms with Crippen molar-refractivity contribution < 1.29 is 18.7 Å². The number of aromatic nitrogens is 2. The lowest BCUT2D eigenvalue weighted by Crippen LogP contribution is -2.39. The summed E-state index contributed by atoms with van der Waals surface area (Å²) >= 11 is 1.44. The minimum absolute atomic E-state index is 0.181. The van der Waals surface area contributed by atoms with Crippen LogP contribution in [-0.2, 0) is 10.5 Å². The number of nitrogens with zero attached hydrogens (tertiary/aromatic N) is 4. The molecule has 2 fully saturated rings. The van der Waals surface area contributed by atoms with Crippen molar-refractivity contribution in [3.05, 3.63) is 42.1 Å². The van der Waals surface area contributed by atoms with Crippen molar-refractivity contribution in [1.29, 1.82) is 0 Å². The Morgan fingerprint density at radius 2 is 2.12 bits per heavy atom. The van der Waals surface area contributed by atoms with Crippen LogP contribution in [0.1, 0.15) is 22.7 Å². The average molecular weight is 374 g/mol. The van der Waals surface area contributed by atoms with Crippen LogP contribution in [0.2, 0.25) is 0 Å². The van der Waals surface area contributed by atoms with Crippen molar-refractivity contribution in [3.63, 3.8) is 0 Å². The molecule has 2 amide bonds. The van der Waals surface area contributed by atoms with E-state index in [-0.39, 0.29) is 12.0 Å². The summed E-state index contributed by atoms with van der Waals surface area (Å²) in [6, 6.07) is 5.23. The maximum atomic E-state index is 12.7. The highest BCUT2D eigenvalue weighted by Crippen LogP contribution is 2.32. The van der Waals surface area contributed by atoms with E-state index in [0.29, 0.717) is 48.5 Å². The quantitative estimate of drug-likeness (QED) is 0.597. The number of furan rings is 1. The Morgan fingerprint density at radius 3 is 2.85 bits per heavy atom. The third kappa shape index (κ3) is 3.26. The highest BCUT2D eigenvalue weighted by atomic mass is 32.2. The van der Waals surface area contributed by atoms with Gasteiger partial charge in [0, 0.05) is 32.4 Å². The Kier molecular flexibility index (Phi) is 4.31. The molecule has 26 heavy (non-hydrogen) atoms. The molecule has 2 saturated heterocycles. The van der Waals surface area contributed by atoms with Crippen molar-refractivity contribution in [2.75, 3.05) is 26.7 Å². The molecule has 1 spiro atoms. The number of rotatable bonds is 4. The molecule has 1 unspecified atom stereocenters. The first-order chi connectivity index (χ1) is 12.5. The summed E-state index contributed by atoms with van der Waals surface area (Å²) in [4.78, 5) is 35.8. The van der Waals surface area contributed by atoms with Crippen LogP contribution >= 0.6 is 11.8 Å². The maximum Gasteiger partial charge on any atom is 0.410 e. The molecule has 8 nitrogen and oxygen atoms in total. The number of amides is 2. The first kappa shape index (κ1) is 16.9. The van der Waals surface area contributed by atoms with Crippen molar-refractivity contribution in [1.82, 2.24) is 19.8 Å². The fraction of sp³-hybridized carbons (Fsp3) is 0.412. The molecule has 4 heterocycles. The van der Waals surface area contributed by atoms with Gasteiger partial charge in [0.05, 0.1) is 18.8 Å². The molecule has 4 rings (SSSR count). The van der Waals surface area contributed by atoms with E-state index >= 15 is 0 Å². The summed E-state index contributed by atoms with van der Waals surface area (Å²) in [6.45, 7) is 1.44. The summed E-state index contributed by atoms with van der Waals surface area (Å²) in [7, 11) is 1.70. The third-order valence-electron chi connectivity index (χ3n) is 4.50. The van der Waals surface area contributed by atoms with Crippen LogP contribution in [0.3, 0.4) is 0 Å². The van der Waals surface area contributed by atoms with E-state index in [2.05, 4.69) is 9.97 Å². The van der Waals surface area contributed by atoms with Gasteiger partial charge in [-0.1, -0.05) is 11.8 Å². The summed E-state index contributed by atoms with van der Waals surface area (Å²) in [5.41, 5.74) is -0.586. The van der Waals surface area contributed by atoms with E-state index in [0.717, 1.165) is 0 Å². The molecule has 2 aliphatic rings. The van der Waals surface area contributed by atoms with Crippen molar-refractivity contribution in [2.24, 2.45) is 0 Å². The molecule has 0 saturated carbocycles. The van der Waals surface area contributed by atoms with Crippen LogP contribution < -0.4 is 0 Å². The van der Waals surface area contributed by atoms with Gasteiger partial charge in [-0.05, 0) is 18.2 Å². The SMILES string of the molecule is CN1CC2(CCN(C(=O)c3ccc(CSc4ncccn4)o3)C2)OC1=O. The second-order valence-corrected chi connectivity index (χ2v) is 7.41. The lowest BCUT2D eigenvalue weighted by Gasteiger charge is -2.21. The first-order valence-corrected chi connectivity index (χ1v) is 9.25. The fourth-order valence-corrected chi connectivity index (χ4v) is 3.94. The number of carbonyl (C=O) groups is 2. The Morgan fingerprint density at radius 1 is 1.31 bits per heavy atom. The topological polar surface area (TPSA) is 88.8 Å². The molecule has 0 bridgehead atoms. The number of hydrogen-bond donors (Lipinski definition) is 0. The maximum absolute atomic E-state index is 12.7. The van der Waals surface area contributed by atoms with Gasteiger partial charge >= 0.3 is 6.09 Å². The monoisotopic (exact) mass is 374 g/mol. The van der Waals surface area contributed by atoms with Gasteiger partial charge in [0.1, 0.15) is 5.76 Å². The third-order valence-corrected chi connectivity index (χ3v) is 5.40. The van der Waals surface area contributed by atoms with Gasteiger partial charge in [-0.25, -0.2) is 14.8 Å². The fourth-order valence-electron chi connectivity index (χ4n) is 3.24. The summed E-state index contributed by atoms with van der Waals surface area (Å²) in [5.74, 6) is 1.35. The minimum atomic E-state index is -0.586. The van der Waals surface area contributed by atoms with Gasteiger partial charge in [-0.15, -0.1) is 0 Å². The second kappa shape index (κ2) is 6.64. The summed E-state index contributed by atoms with van der Waals surface area (Å²) < 4.78 is 11.2. The zero-order valence-corrected chi connectivity index (χ0v) is 15.1. The molecule has 0 aliphatic carbocycles. The van der Waals surface area contributed by atoms with E-state index in [1.54, 1.807) is 47.4 Å². The van der Waals surface area contributed by atoms with Gasteiger partial charge in [-0.3, -0.25) is 4.79 Å². The van der Waals surface area contributed by atoms with Crippen molar-refractivity contribution in [2.45, 2.75) is 22.9 Å².